The maximum absolute atomic E-state index is 12.5. The number of hydrogen-bond donors (Lipinski definition) is 2. The molecule has 176 valence electrons. The van der Waals surface area contributed by atoms with Gasteiger partial charge in [0.15, 0.2) is 0 Å². The third kappa shape index (κ3) is 5.88. The second-order valence-corrected chi connectivity index (χ2v) is 7.77. The Balaban J connectivity index is 0.000000360. The maximum Gasteiger partial charge on any atom is 0.490 e. The van der Waals surface area contributed by atoms with Gasteiger partial charge >= 0.3 is 12.1 Å². The topological polar surface area (TPSA) is 110 Å². The standard InChI is InChI=1S/C18H24N4O3.C2HF3O2/c1-12-5-6-14(25-12)10-22-11-15(17-16(22)4-3-7-24-17)20-18(23)13-8-19-21(2)9-13;3-2(4,5)1(6)7/h5-6,8-9,15-17H,3-4,7,10-11H2,1-2H3,(H,20,23);(H,6,7)/t15-,16-,17-;/m0./s1. The highest BCUT2D eigenvalue weighted by atomic mass is 19.4. The van der Waals surface area contributed by atoms with Gasteiger partial charge in [0.05, 0.1) is 30.5 Å². The van der Waals surface area contributed by atoms with E-state index < -0.39 is 12.1 Å². The Labute approximate surface area is 182 Å². The van der Waals surface area contributed by atoms with E-state index >= 15 is 0 Å². The number of aliphatic carboxylic acids is 1. The molecule has 4 heterocycles. The fourth-order valence-electron chi connectivity index (χ4n) is 3.92. The summed E-state index contributed by atoms with van der Waals surface area (Å²) in [6, 6.07) is 4.31. The average molecular weight is 458 g/mol. The number of amides is 1. The summed E-state index contributed by atoms with van der Waals surface area (Å²) in [5.41, 5.74) is 0.579. The van der Waals surface area contributed by atoms with Crippen LogP contribution in [0, 0.1) is 6.92 Å². The van der Waals surface area contributed by atoms with Crippen LogP contribution >= 0.6 is 0 Å². The van der Waals surface area contributed by atoms with Crippen molar-refractivity contribution in [1.82, 2.24) is 20.0 Å². The van der Waals surface area contributed by atoms with Crippen LogP contribution in [0.5, 0.6) is 0 Å². The normalized spacial score (nSPS) is 23.2. The third-order valence-corrected chi connectivity index (χ3v) is 5.31. The molecule has 9 nitrogen and oxygen atoms in total. The monoisotopic (exact) mass is 458 g/mol. The Hall–Kier alpha value is -2.86. The molecule has 12 heteroatoms. The lowest BCUT2D eigenvalue weighted by Crippen LogP contribution is -2.47. The minimum Gasteiger partial charge on any atom is -0.475 e. The number of aromatic nitrogens is 2. The Kier molecular flexibility index (Phi) is 7.24. The molecule has 32 heavy (non-hydrogen) atoms. The molecule has 2 N–H and O–H groups in total. The summed E-state index contributed by atoms with van der Waals surface area (Å²) in [6.07, 6.45) is 0.409. The highest BCUT2D eigenvalue weighted by molar-refractivity contribution is 5.94. The molecule has 2 aromatic rings. The van der Waals surface area contributed by atoms with E-state index in [1.165, 1.54) is 0 Å². The van der Waals surface area contributed by atoms with Crippen LogP contribution in [-0.2, 0) is 23.1 Å². The zero-order valence-corrected chi connectivity index (χ0v) is 17.6. The summed E-state index contributed by atoms with van der Waals surface area (Å²) in [6.45, 7) is 4.23. The number of aryl methyl sites for hydroxylation is 2. The van der Waals surface area contributed by atoms with Crippen molar-refractivity contribution in [3.63, 3.8) is 0 Å². The van der Waals surface area contributed by atoms with Gasteiger partial charge in [-0.25, -0.2) is 4.79 Å². The maximum atomic E-state index is 12.5. The van der Waals surface area contributed by atoms with Crippen LogP contribution in [-0.4, -0.2) is 69.2 Å². The van der Waals surface area contributed by atoms with E-state index in [0.29, 0.717) is 11.6 Å². The number of carbonyl (C=O) groups is 2. The van der Waals surface area contributed by atoms with Gasteiger partial charge in [-0.3, -0.25) is 14.4 Å². The summed E-state index contributed by atoms with van der Waals surface area (Å²) in [5, 5.41) is 14.3. The first-order valence-corrected chi connectivity index (χ1v) is 10.0. The number of nitrogens with one attached hydrogen (secondary N) is 1. The van der Waals surface area contributed by atoms with E-state index in [1.807, 2.05) is 19.1 Å². The minimum absolute atomic E-state index is 0.0194. The number of hydrogen-bond acceptors (Lipinski definition) is 6. The summed E-state index contributed by atoms with van der Waals surface area (Å²) >= 11 is 0. The van der Waals surface area contributed by atoms with Crippen molar-refractivity contribution >= 4 is 11.9 Å². The minimum atomic E-state index is -5.08. The van der Waals surface area contributed by atoms with Crippen molar-refractivity contribution < 1.29 is 37.0 Å². The van der Waals surface area contributed by atoms with E-state index in [9.17, 15) is 18.0 Å². The van der Waals surface area contributed by atoms with Gasteiger partial charge in [0.1, 0.15) is 11.5 Å². The van der Waals surface area contributed by atoms with Crippen LogP contribution in [0.2, 0.25) is 0 Å². The van der Waals surface area contributed by atoms with Crippen molar-refractivity contribution in [3.05, 3.63) is 41.6 Å². The lowest BCUT2D eigenvalue weighted by Gasteiger charge is -2.32. The molecule has 0 spiro atoms. The summed E-state index contributed by atoms with van der Waals surface area (Å²) in [4.78, 5) is 23.8. The second-order valence-electron chi connectivity index (χ2n) is 7.77. The second kappa shape index (κ2) is 9.74. The number of carboxylic acid groups (broad SMARTS) is 1. The molecule has 0 saturated carbocycles. The zero-order chi connectivity index (χ0) is 23.5. The molecule has 2 saturated heterocycles. The number of rotatable bonds is 4. The van der Waals surface area contributed by atoms with Crippen molar-refractivity contribution in [2.75, 3.05) is 13.2 Å². The van der Waals surface area contributed by atoms with Crippen molar-refractivity contribution in [2.45, 2.75) is 50.7 Å². The summed E-state index contributed by atoms with van der Waals surface area (Å²) < 4.78 is 45.1. The van der Waals surface area contributed by atoms with Gasteiger partial charge in [0.25, 0.3) is 5.91 Å². The van der Waals surface area contributed by atoms with E-state index in [0.717, 1.165) is 44.1 Å². The fraction of sp³-hybridized carbons (Fsp3) is 0.550. The Morgan fingerprint density at radius 3 is 2.62 bits per heavy atom. The van der Waals surface area contributed by atoms with Crippen LogP contribution in [0.1, 0.15) is 34.7 Å². The number of carboxylic acids is 1. The van der Waals surface area contributed by atoms with Crippen molar-refractivity contribution in [3.8, 4) is 0 Å². The molecular formula is C20H25F3N4O5. The Bertz CT molecular complexity index is 942. The predicted molar refractivity (Wildman–Crippen MR) is 105 cm³/mol. The highest BCUT2D eigenvalue weighted by Gasteiger charge is 2.44. The van der Waals surface area contributed by atoms with Gasteiger partial charge in [0.2, 0.25) is 0 Å². The highest BCUT2D eigenvalue weighted by Crippen LogP contribution is 2.30. The number of alkyl halides is 3. The zero-order valence-electron chi connectivity index (χ0n) is 17.6. The Morgan fingerprint density at radius 1 is 1.34 bits per heavy atom. The van der Waals surface area contributed by atoms with Crippen LogP contribution in [0.25, 0.3) is 0 Å². The SMILES string of the molecule is Cc1ccc(CN2C[C@H](NC(=O)c3cnn(C)c3)[C@@H]3OCCC[C@@H]32)o1.O=C(O)C(F)(F)F. The Morgan fingerprint density at radius 2 is 2.06 bits per heavy atom. The van der Waals surface area contributed by atoms with Crippen molar-refractivity contribution in [2.24, 2.45) is 7.05 Å². The number of ether oxygens (including phenoxy) is 1. The van der Waals surface area contributed by atoms with Gasteiger partial charge in [0, 0.05) is 32.4 Å². The molecule has 0 bridgehead atoms. The van der Waals surface area contributed by atoms with Crippen LogP contribution < -0.4 is 5.32 Å². The largest absolute Gasteiger partial charge is 0.490 e. The fourth-order valence-corrected chi connectivity index (χ4v) is 3.92. The molecule has 2 aliphatic heterocycles. The van der Waals surface area contributed by atoms with Gasteiger partial charge in [-0.1, -0.05) is 0 Å². The van der Waals surface area contributed by atoms with E-state index in [1.54, 1.807) is 24.1 Å². The first-order chi connectivity index (χ1) is 15.0. The van der Waals surface area contributed by atoms with Crippen LogP contribution in [0.15, 0.2) is 28.9 Å². The number of likely N-dealkylation sites (tertiary alicyclic amines) is 1. The van der Waals surface area contributed by atoms with Gasteiger partial charge in [-0.2, -0.15) is 18.3 Å². The molecule has 4 rings (SSSR count). The predicted octanol–water partition coefficient (Wildman–Crippen LogP) is 2.12. The lowest BCUT2D eigenvalue weighted by molar-refractivity contribution is -0.192. The third-order valence-electron chi connectivity index (χ3n) is 5.31. The van der Waals surface area contributed by atoms with Crippen LogP contribution in [0.3, 0.4) is 0 Å². The number of carbonyl (C=O) groups excluding carboxylic acids is 1. The molecule has 1 amide bonds. The molecular weight excluding hydrogens is 433 g/mol. The lowest BCUT2D eigenvalue weighted by atomic mass is 10.0. The average Bonchev–Trinajstić information content (AvgIpc) is 3.42. The first kappa shape index (κ1) is 23.8. The van der Waals surface area contributed by atoms with E-state index in [-0.39, 0.29) is 18.1 Å². The first-order valence-electron chi connectivity index (χ1n) is 10.0. The molecule has 2 aromatic heterocycles. The quantitative estimate of drug-likeness (QED) is 0.722. The summed E-state index contributed by atoms with van der Waals surface area (Å²) in [7, 11) is 1.81. The van der Waals surface area contributed by atoms with Gasteiger partial charge in [-0.15, -0.1) is 0 Å². The number of nitrogens with zero attached hydrogens (tertiary/aromatic N) is 3. The molecule has 0 unspecified atom stereocenters. The van der Waals surface area contributed by atoms with Crippen LogP contribution in [0.4, 0.5) is 13.2 Å². The smallest absolute Gasteiger partial charge is 0.475 e. The molecule has 3 atom stereocenters. The summed E-state index contributed by atoms with van der Waals surface area (Å²) in [5.74, 6) is -0.970. The molecule has 0 radical (unpaired) electrons. The van der Waals surface area contributed by atoms with Crippen molar-refractivity contribution in [1.29, 1.82) is 0 Å². The number of fused-ring (bicyclic) bond motifs is 1. The number of furan rings is 1. The molecule has 0 aromatic carbocycles. The molecule has 2 fully saturated rings. The number of halogens is 3. The van der Waals surface area contributed by atoms with Gasteiger partial charge < -0.3 is 19.6 Å². The van der Waals surface area contributed by atoms with E-state index in [4.69, 9.17) is 19.1 Å². The van der Waals surface area contributed by atoms with Gasteiger partial charge in [-0.05, 0) is 31.9 Å². The molecule has 0 aliphatic carbocycles. The molecule has 2 aliphatic rings. The van der Waals surface area contributed by atoms with E-state index in [2.05, 4.69) is 15.3 Å².